The lowest BCUT2D eigenvalue weighted by molar-refractivity contribution is -0.120. The lowest BCUT2D eigenvalue weighted by atomic mass is 9.86. The lowest BCUT2D eigenvalue weighted by Gasteiger charge is -2.40. The number of aliphatic imine (C=N–C) groups is 1. The third kappa shape index (κ3) is 5.15. The molecule has 0 saturated heterocycles. The number of fused-ring (bicyclic) bond motifs is 1. The summed E-state index contributed by atoms with van der Waals surface area (Å²) in [6.07, 6.45) is 5.47. The smallest absolute Gasteiger partial charge is 0.239 e. The van der Waals surface area contributed by atoms with Gasteiger partial charge in [-0.3, -0.25) is 9.79 Å². The average molecular weight is 437 g/mol. The minimum atomic E-state index is -0.0966. The summed E-state index contributed by atoms with van der Waals surface area (Å²) in [5.41, 5.74) is 2.06. The van der Waals surface area contributed by atoms with Gasteiger partial charge in [0.25, 0.3) is 0 Å². The SMILES string of the molecule is CN=C(NCC(=O)NCc1ccc(OC)cc1)NC1CC2(CCCC2)Oc2ccccc21. The molecule has 1 amide bonds. The molecule has 4 rings (SSSR count). The molecule has 1 fully saturated rings. The summed E-state index contributed by atoms with van der Waals surface area (Å²) < 4.78 is 11.6. The molecule has 1 spiro atoms. The second-order valence-corrected chi connectivity index (χ2v) is 8.48. The first kappa shape index (κ1) is 22.0. The number of nitrogens with zero attached hydrogens (tertiary/aromatic N) is 1. The van der Waals surface area contributed by atoms with Crippen LogP contribution < -0.4 is 25.4 Å². The number of para-hydroxylation sites is 1. The van der Waals surface area contributed by atoms with Crippen LogP contribution in [0, 0.1) is 0 Å². The van der Waals surface area contributed by atoms with Crippen molar-refractivity contribution in [3.8, 4) is 11.5 Å². The fraction of sp³-hybridized carbons (Fsp3) is 0.440. The molecule has 3 N–H and O–H groups in total. The fourth-order valence-electron chi connectivity index (χ4n) is 4.60. The van der Waals surface area contributed by atoms with Crippen molar-refractivity contribution in [3.63, 3.8) is 0 Å². The van der Waals surface area contributed by atoms with E-state index in [2.05, 4.69) is 27.0 Å². The molecule has 1 unspecified atom stereocenters. The molecule has 2 aliphatic rings. The Balaban J connectivity index is 1.32. The number of ether oxygens (including phenoxy) is 2. The van der Waals surface area contributed by atoms with Crippen molar-refractivity contribution in [2.24, 2.45) is 4.99 Å². The number of rotatable bonds is 6. The van der Waals surface area contributed by atoms with Gasteiger partial charge >= 0.3 is 0 Å². The number of hydrogen-bond donors (Lipinski definition) is 3. The van der Waals surface area contributed by atoms with Crippen LogP contribution in [-0.2, 0) is 11.3 Å². The summed E-state index contributed by atoms with van der Waals surface area (Å²) in [7, 11) is 3.36. The molecule has 2 aromatic rings. The molecule has 32 heavy (non-hydrogen) atoms. The van der Waals surface area contributed by atoms with Crippen molar-refractivity contribution in [1.29, 1.82) is 0 Å². The van der Waals surface area contributed by atoms with Crippen LogP contribution in [0.1, 0.15) is 49.3 Å². The first-order valence-electron chi connectivity index (χ1n) is 11.3. The van der Waals surface area contributed by atoms with Crippen molar-refractivity contribution >= 4 is 11.9 Å². The molecule has 7 heteroatoms. The molecular weight excluding hydrogens is 404 g/mol. The predicted octanol–water partition coefficient (Wildman–Crippen LogP) is 3.31. The Hall–Kier alpha value is -3.22. The van der Waals surface area contributed by atoms with E-state index >= 15 is 0 Å². The van der Waals surface area contributed by atoms with Crippen LogP contribution in [0.5, 0.6) is 11.5 Å². The monoisotopic (exact) mass is 436 g/mol. The number of methoxy groups -OCH3 is 1. The maximum atomic E-state index is 12.4. The van der Waals surface area contributed by atoms with Crippen LogP contribution >= 0.6 is 0 Å². The highest BCUT2D eigenvalue weighted by Gasteiger charge is 2.43. The van der Waals surface area contributed by atoms with E-state index in [1.165, 1.54) is 12.8 Å². The quantitative estimate of drug-likeness (QED) is 0.478. The third-order valence-corrected chi connectivity index (χ3v) is 6.31. The van der Waals surface area contributed by atoms with E-state index in [-0.39, 0.29) is 24.1 Å². The zero-order valence-electron chi connectivity index (χ0n) is 18.8. The van der Waals surface area contributed by atoms with E-state index in [1.54, 1.807) is 14.2 Å². The van der Waals surface area contributed by atoms with Crippen LogP contribution in [0.3, 0.4) is 0 Å². The lowest BCUT2D eigenvalue weighted by Crippen LogP contribution is -2.48. The number of hydrogen-bond acceptors (Lipinski definition) is 4. The molecule has 1 heterocycles. The number of carbonyl (C=O) groups excluding carboxylic acids is 1. The third-order valence-electron chi connectivity index (χ3n) is 6.31. The van der Waals surface area contributed by atoms with Gasteiger partial charge in [0.1, 0.15) is 17.1 Å². The van der Waals surface area contributed by atoms with Crippen LogP contribution in [0.15, 0.2) is 53.5 Å². The summed E-state index contributed by atoms with van der Waals surface area (Å²) in [5.74, 6) is 2.26. The number of guanidine groups is 1. The van der Waals surface area contributed by atoms with E-state index in [1.807, 2.05) is 42.5 Å². The number of amides is 1. The maximum absolute atomic E-state index is 12.4. The van der Waals surface area contributed by atoms with E-state index in [0.717, 1.165) is 41.9 Å². The molecule has 2 aromatic carbocycles. The molecule has 1 aliphatic carbocycles. The van der Waals surface area contributed by atoms with E-state index < -0.39 is 0 Å². The standard InChI is InChI=1S/C25H32N4O3/c1-26-24(28-17-23(30)27-16-18-9-11-19(31-2)12-10-18)29-21-15-25(13-5-6-14-25)32-22-8-4-3-7-20(21)22/h3-4,7-12,21H,5-6,13-17H2,1-2H3,(H,27,30)(H2,26,28,29). The molecular formula is C25H32N4O3. The Labute approximate surface area is 189 Å². The van der Waals surface area contributed by atoms with Gasteiger partial charge in [-0.05, 0) is 49.4 Å². The van der Waals surface area contributed by atoms with Gasteiger partial charge in [0, 0.05) is 25.6 Å². The minimum absolute atomic E-state index is 0.0895. The molecule has 0 bridgehead atoms. The number of benzene rings is 2. The molecule has 1 atom stereocenters. The van der Waals surface area contributed by atoms with Gasteiger partial charge < -0.3 is 25.4 Å². The van der Waals surface area contributed by atoms with Crippen molar-refractivity contribution in [1.82, 2.24) is 16.0 Å². The summed E-state index contributed by atoms with van der Waals surface area (Å²) >= 11 is 0. The maximum Gasteiger partial charge on any atom is 0.239 e. The van der Waals surface area contributed by atoms with Gasteiger partial charge in [0.15, 0.2) is 5.96 Å². The van der Waals surface area contributed by atoms with Gasteiger partial charge in [-0.1, -0.05) is 30.3 Å². The van der Waals surface area contributed by atoms with Crippen LogP contribution in [0.25, 0.3) is 0 Å². The average Bonchev–Trinajstić information content (AvgIpc) is 3.27. The highest BCUT2D eigenvalue weighted by molar-refractivity contribution is 5.86. The van der Waals surface area contributed by atoms with Crippen molar-refractivity contribution in [2.75, 3.05) is 20.7 Å². The molecule has 0 aromatic heterocycles. The summed E-state index contributed by atoms with van der Waals surface area (Å²) in [6, 6.07) is 15.9. The van der Waals surface area contributed by atoms with Crippen LogP contribution in [0.4, 0.5) is 0 Å². The van der Waals surface area contributed by atoms with E-state index in [4.69, 9.17) is 9.47 Å². The molecule has 170 valence electrons. The molecule has 7 nitrogen and oxygen atoms in total. The van der Waals surface area contributed by atoms with Crippen LogP contribution in [-0.4, -0.2) is 38.2 Å². The summed E-state index contributed by atoms with van der Waals surface area (Å²) in [6.45, 7) is 0.609. The van der Waals surface area contributed by atoms with Gasteiger partial charge in [-0.2, -0.15) is 0 Å². The van der Waals surface area contributed by atoms with Crippen molar-refractivity contribution in [3.05, 3.63) is 59.7 Å². The second-order valence-electron chi connectivity index (χ2n) is 8.48. The van der Waals surface area contributed by atoms with Crippen molar-refractivity contribution in [2.45, 2.75) is 50.3 Å². The van der Waals surface area contributed by atoms with Crippen molar-refractivity contribution < 1.29 is 14.3 Å². The van der Waals surface area contributed by atoms with Gasteiger partial charge in [-0.25, -0.2) is 0 Å². The molecule has 1 aliphatic heterocycles. The first-order chi connectivity index (χ1) is 15.6. The Morgan fingerprint density at radius 3 is 2.59 bits per heavy atom. The van der Waals surface area contributed by atoms with Gasteiger partial charge in [-0.15, -0.1) is 0 Å². The first-order valence-corrected chi connectivity index (χ1v) is 11.3. The normalized spacial score (nSPS) is 19.1. The van der Waals surface area contributed by atoms with E-state index in [9.17, 15) is 4.79 Å². The zero-order chi connectivity index (χ0) is 22.4. The molecule has 0 radical (unpaired) electrons. The molecule has 1 saturated carbocycles. The topological polar surface area (TPSA) is 84.0 Å². The Morgan fingerprint density at radius 1 is 1.12 bits per heavy atom. The second kappa shape index (κ2) is 9.94. The largest absolute Gasteiger partial charge is 0.497 e. The summed E-state index contributed by atoms with van der Waals surface area (Å²) in [4.78, 5) is 16.7. The fourth-order valence-corrected chi connectivity index (χ4v) is 4.60. The number of nitrogens with one attached hydrogen (secondary N) is 3. The zero-order valence-corrected chi connectivity index (χ0v) is 18.8. The Kier molecular flexibility index (Phi) is 6.83. The van der Waals surface area contributed by atoms with Gasteiger partial charge in [0.05, 0.1) is 19.7 Å². The van der Waals surface area contributed by atoms with E-state index in [0.29, 0.717) is 12.5 Å². The highest BCUT2D eigenvalue weighted by Crippen LogP contribution is 2.46. The van der Waals surface area contributed by atoms with Crippen LogP contribution in [0.2, 0.25) is 0 Å². The summed E-state index contributed by atoms with van der Waals surface area (Å²) in [5, 5.41) is 9.60. The Morgan fingerprint density at radius 2 is 1.88 bits per heavy atom. The van der Waals surface area contributed by atoms with Gasteiger partial charge in [0.2, 0.25) is 5.91 Å². The minimum Gasteiger partial charge on any atom is -0.497 e. The Bertz CT molecular complexity index is 952. The predicted molar refractivity (Wildman–Crippen MR) is 125 cm³/mol. The number of carbonyl (C=O) groups is 1. The highest BCUT2D eigenvalue weighted by atomic mass is 16.5.